The van der Waals surface area contributed by atoms with Crippen LogP contribution >= 0.6 is 0 Å². The van der Waals surface area contributed by atoms with Crippen molar-refractivity contribution in [1.82, 2.24) is 14.5 Å². The number of rotatable bonds is 10. The third kappa shape index (κ3) is 6.98. The maximum atomic E-state index is 14.6. The Morgan fingerprint density at radius 2 is 1.84 bits per heavy atom. The number of methoxy groups -OCH3 is 1. The predicted molar refractivity (Wildman–Crippen MR) is 130 cm³/mol. The van der Waals surface area contributed by atoms with Crippen molar-refractivity contribution in [1.29, 1.82) is 0 Å². The second-order valence-electron chi connectivity index (χ2n) is 9.82. The molecule has 2 aromatic heterocycles. The zero-order valence-electron chi connectivity index (χ0n) is 21.3. The Bertz CT molecular complexity index is 1170. The number of alkyl halides is 4. The van der Waals surface area contributed by atoms with E-state index in [9.17, 15) is 22.4 Å². The molecule has 0 aliphatic heterocycles. The van der Waals surface area contributed by atoms with Crippen molar-refractivity contribution < 1.29 is 31.5 Å². The van der Waals surface area contributed by atoms with Crippen LogP contribution in [-0.2, 0) is 22.3 Å². The molecule has 7 nitrogen and oxygen atoms in total. The van der Waals surface area contributed by atoms with Gasteiger partial charge in [0, 0.05) is 25.4 Å². The van der Waals surface area contributed by atoms with E-state index >= 15 is 0 Å². The average Bonchev–Trinajstić information content (AvgIpc) is 3.46. The number of benzene rings is 1. The molecule has 2 N–H and O–H groups in total. The van der Waals surface area contributed by atoms with Crippen molar-refractivity contribution in [2.75, 3.05) is 26.8 Å². The molecule has 1 amide bonds. The average molecular weight is 525 g/mol. The van der Waals surface area contributed by atoms with Gasteiger partial charge in [0.2, 0.25) is 11.7 Å². The normalized spacial score (nSPS) is 14.0. The molecule has 0 aliphatic carbocycles. The Kier molecular flexibility index (Phi) is 8.80. The molecule has 2 unspecified atom stereocenters. The highest BCUT2D eigenvalue weighted by Crippen LogP contribution is 2.39. The summed E-state index contributed by atoms with van der Waals surface area (Å²) in [5, 5.41) is 0. The molecule has 202 valence electrons. The van der Waals surface area contributed by atoms with Crippen LogP contribution in [0.15, 0.2) is 53.1 Å². The summed E-state index contributed by atoms with van der Waals surface area (Å²) in [6.07, 6.45) is -4.43. The molecule has 0 fully saturated rings. The lowest BCUT2D eigenvalue weighted by molar-refractivity contribution is -0.153. The van der Waals surface area contributed by atoms with Gasteiger partial charge in [-0.05, 0) is 17.5 Å². The molecule has 1 aromatic carbocycles. The summed E-state index contributed by atoms with van der Waals surface area (Å²) < 4.78 is 65.7. The molecule has 0 bridgehead atoms. The van der Waals surface area contributed by atoms with Crippen molar-refractivity contribution in [3.05, 3.63) is 66.0 Å². The van der Waals surface area contributed by atoms with E-state index in [-0.39, 0.29) is 32.0 Å². The molecule has 0 saturated heterocycles. The van der Waals surface area contributed by atoms with Crippen molar-refractivity contribution >= 4 is 5.91 Å². The molecule has 0 spiro atoms. The summed E-state index contributed by atoms with van der Waals surface area (Å²) in [7, 11) is 1.36. The fraction of sp³-hybridized carbons (Fsp3) is 0.462. The highest BCUT2D eigenvalue weighted by atomic mass is 19.4. The number of aromatic nitrogens is 2. The number of carbonyl (C=O) groups excluding carboxylic acids is 1. The van der Waals surface area contributed by atoms with Crippen molar-refractivity contribution in [3.8, 4) is 11.3 Å². The third-order valence-corrected chi connectivity index (χ3v) is 5.76. The van der Waals surface area contributed by atoms with Gasteiger partial charge in [-0.3, -0.25) is 4.79 Å². The molecule has 2 atom stereocenters. The first-order valence-corrected chi connectivity index (χ1v) is 11.8. The van der Waals surface area contributed by atoms with Crippen LogP contribution in [0, 0.1) is 5.41 Å². The van der Waals surface area contributed by atoms with Gasteiger partial charge in [-0.1, -0.05) is 51.1 Å². The maximum Gasteiger partial charge on any atom is 0.449 e. The van der Waals surface area contributed by atoms with Gasteiger partial charge in [0.05, 0.1) is 24.8 Å². The number of furan rings is 1. The summed E-state index contributed by atoms with van der Waals surface area (Å²) in [5.74, 6) is -1.16. The molecular formula is C26H32F4N4O3. The lowest BCUT2D eigenvalue weighted by Crippen LogP contribution is -2.47. The van der Waals surface area contributed by atoms with Crippen molar-refractivity contribution in [2.24, 2.45) is 11.1 Å². The van der Waals surface area contributed by atoms with E-state index < -0.39 is 35.5 Å². The maximum absolute atomic E-state index is 14.6. The largest absolute Gasteiger partial charge is 0.455 e. The fourth-order valence-corrected chi connectivity index (χ4v) is 4.15. The van der Waals surface area contributed by atoms with Crippen LogP contribution in [0.4, 0.5) is 17.6 Å². The number of amides is 1. The van der Waals surface area contributed by atoms with Gasteiger partial charge in [0.1, 0.15) is 24.4 Å². The number of imidazole rings is 1. The molecule has 3 aromatic rings. The quantitative estimate of drug-likeness (QED) is 0.375. The molecule has 0 saturated carbocycles. The number of nitrogens with two attached hydrogens (primary N) is 1. The second-order valence-corrected chi connectivity index (χ2v) is 9.82. The Balaban J connectivity index is 2.16. The van der Waals surface area contributed by atoms with Gasteiger partial charge < -0.3 is 24.4 Å². The number of ether oxygens (including phenoxy) is 1. The molecule has 0 radical (unpaired) electrons. The molecule has 37 heavy (non-hydrogen) atoms. The predicted octanol–water partition coefficient (Wildman–Crippen LogP) is 5.07. The Morgan fingerprint density at radius 1 is 1.16 bits per heavy atom. The van der Waals surface area contributed by atoms with Crippen LogP contribution in [0.5, 0.6) is 0 Å². The first-order valence-electron chi connectivity index (χ1n) is 11.8. The van der Waals surface area contributed by atoms with Crippen LogP contribution in [0.25, 0.3) is 11.3 Å². The van der Waals surface area contributed by atoms with Crippen molar-refractivity contribution in [3.63, 3.8) is 0 Å². The smallest absolute Gasteiger partial charge is 0.449 e. The number of carbonyl (C=O) groups is 1. The summed E-state index contributed by atoms with van der Waals surface area (Å²) in [6.45, 7) is 4.66. The summed E-state index contributed by atoms with van der Waals surface area (Å²) in [5.41, 5.74) is 6.18. The number of hydrogen-bond acceptors (Lipinski definition) is 5. The van der Waals surface area contributed by atoms with E-state index in [0.29, 0.717) is 11.5 Å². The minimum atomic E-state index is -4.62. The summed E-state index contributed by atoms with van der Waals surface area (Å²) in [6, 6.07) is 10.6. The van der Waals surface area contributed by atoms with E-state index in [1.165, 1.54) is 18.1 Å². The lowest BCUT2D eigenvalue weighted by Gasteiger charge is -2.40. The monoisotopic (exact) mass is 524 g/mol. The fourth-order valence-electron chi connectivity index (χ4n) is 4.15. The van der Waals surface area contributed by atoms with Crippen LogP contribution in [0.3, 0.4) is 0 Å². The van der Waals surface area contributed by atoms with E-state index in [1.807, 2.05) is 51.1 Å². The Morgan fingerprint density at radius 3 is 2.38 bits per heavy atom. The molecule has 11 heteroatoms. The van der Waals surface area contributed by atoms with Gasteiger partial charge >= 0.3 is 6.18 Å². The number of hydrogen-bond donors (Lipinski definition) is 1. The third-order valence-electron chi connectivity index (χ3n) is 5.76. The topological polar surface area (TPSA) is 86.5 Å². The van der Waals surface area contributed by atoms with Gasteiger partial charge in [0.15, 0.2) is 0 Å². The summed E-state index contributed by atoms with van der Waals surface area (Å²) in [4.78, 5) is 19.3. The first-order chi connectivity index (χ1) is 17.3. The molecule has 3 rings (SSSR count). The standard InChI is InChI=1S/C26H32F4N4O3/c1-25(2,3)23(34(13-18(27)12-31)22(35)16-36-4)24-32-20(17-8-6-5-7-9-17)15-33(24)14-19-10-11-21(37-19)26(28,29)30/h5-11,15,18,23H,12-14,16,31H2,1-4H3. The zero-order chi connectivity index (χ0) is 27.4. The van der Waals surface area contributed by atoms with Gasteiger partial charge in [-0.2, -0.15) is 13.2 Å². The SMILES string of the molecule is COCC(=O)N(CC(F)CN)C(c1nc(-c2ccccc2)cn1Cc1ccc(C(F)(F)F)o1)C(C)(C)C. The molecular weight excluding hydrogens is 492 g/mol. The van der Waals surface area contributed by atoms with E-state index in [4.69, 9.17) is 19.9 Å². The number of halogens is 4. The first kappa shape index (κ1) is 28.4. The van der Waals surface area contributed by atoms with E-state index in [2.05, 4.69) is 0 Å². The van der Waals surface area contributed by atoms with Gasteiger partial charge in [0.25, 0.3) is 0 Å². The minimum Gasteiger partial charge on any atom is -0.455 e. The van der Waals surface area contributed by atoms with Crippen molar-refractivity contribution in [2.45, 2.75) is 45.7 Å². The zero-order valence-corrected chi connectivity index (χ0v) is 21.3. The van der Waals surface area contributed by atoms with Crippen LogP contribution in [0.2, 0.25) is 0 Å². The highest BCUT2D eigenvalue weighted by Gasteiger charge is 2.40. The van der Waals surface area contributed by atoms with E-state index in [0.717, 1.165) is 11.6 Å². The van der Waals surface area contributed by atoms with Crippen LogP contribution < -0.4 is 5.73 Å². The molecule has 0 aliphatic rings. The van der Waals surface area contributed by atoms with Crippen LogP contribution in [-0.4, -0.2) is 53.3 Å². The molecule has 2 heterocycles. The number of nitrogens with zero attached hydrogens (tertiary/aromatic N) is 3. The Labute approximate surface area is 213 Å². The second kappa shape index (κ2) is 11.5. The minimum absolute atomic E-state index is 0.0540. The van der Waals surface area contributed by atoms with Gasteiger partial charge in [-0.25, -0.2) is 9.37 Å². The van der Waals surface area contributed by atoms with Gasteiger partial charge in [-0.15, -0.1) is 0 Å². The summed E-state index contributed by atoms with van der Waals surface area (Å²) >= 11 is 0. The lowest BCUT2D eigenvalue weighted by atomic mass is 9.84. The van der Waals surface area contributed by atoms with E-state index in [1.54, 1.807) is 10.8 Å². The Hall–Kier alpha value is -3.18. The highest BCUT2D eigenvalue weighted by molar-refractivity contribution is 5.78. The van der Waals surface area contributed by atoms with Crippen LogP contribution in [0.1, 0.15) is 44.2 Å².